The molecule has 0 saturated carbocycles. The van der Waals surface area contributed by atoms with Crippen LogP contribution in [0.15, 0.2) is 85.1 Å². The summed E-state index contributed by atoms with van der Waals surface area (Å²) in [7, 11) is 0. The van der Waals surface area contributed by atoms with Gasteiger partial charge in [-0.25, -0.2) is 9.59 Å². The smallest absolute Gasteiger partial charge is 0.329 e. The number of carbonyl (C=O) groups excluding carboxylic acids is 3. The summed E-state index contributed by atoms with van der Waals surface area (Å²) in [5.74, 6) is -0.289. The van der Waals surface area contributed by atoms with E-state index >= 15 is 0 Å². The lowest BCUT2D eigenvalue weighted by atomic mass is 10.0. The minimum absolute atomic E-state index is 0.208. The summed E-state index contributed by atoms with van der Waals surface area (Å²) in [6, 6.07) is 23.1. The molecule has 9 heteroatoms. The van der Waals surface area contributed by atoms with E-state index in [1.54, 1.807) is 25.7 Å². The highest BCUT2D eigenvalue weighted by atomic mass is 16.6. The maximum Gasteiger partial charge on any atom is 0.329 e. The Morgan fingerprint density at radius 1 is 0.787 bits per heavy atom. The van der Waals surface area contributed by atoms with Crippen molar-refractivity contribution in [1.82, 2.24) is 20.5 Å². The molecule has 3 aromatic carbocycles. The Morgan fingerprint density at radius 3 is 2.17 bits per heavy atom. The first-order valence-electron chi connectivity index (χ1n) is 16.5. The van der Waals surface area contributed by atoms with Gasteiger partial charge in [0.1, 0.15) is 30.0 Å². The molecule has 0 unspecified atom stereocenters. The predicted octanol–water partition coefficient (Wildman–Crippen LogP) is 6.31. The minimum Gasteiger partial charge on any atom is -0.489 e. The molecule has 1 aliphatic heterocycles. The van der Waals surface area contributed by atoms with Gasteiger partial charge in [-0.2, -0.15) is 0 Å². The number of nitrogens with zero attached hydrogens (tertiary/aromatic N) is 1. The summed E-state index contributed by atoms with van der Waals surface area (Å²) in [5, 5.41) is 6.92. The highest BCUT2D eigenvalue weighted by molar-refractivity contribution is 5.92. The highest BCUT2D eigenvalue weighted by Gasteiger charge is 2.32. The maximum atomic E-state index is 14.1. The fourth-order valence-electron chi connectivity index (χ4n) is 5.78. The van der Waals surface area contributed by atoms with Crippen LogP contribution in [0.4, 0.5) is 4.79 Å². The molecule has 2 atom stereocenters. The molecule has 47 heavy (non-hydrogen) atoms. The monoisotopic (exact) mass is 638 g/mol. The Kier molecular flexibility index (Phi) is 11.2. The van der Waals surface area contributed by atoms with Gasteiger partial charge in [0.05, 0.1) is 0 Å². The molecule has 0 spiro atoms. The number of hydrogen-bond acceptors (Lipinski definition) is 5. The van der Waals surface area contributed by atoms with Crippen LogP contribution in [0.5, 0.6) is 5.75 Å². The third kappa shape index (κ3) is 9.85. The number of hydrogen-bond donors (Lipinski definition) is 3. The van der Waals surface area contributed by atoms with Gasteiger partial charge in [-0.05, 0) is 68.5 Å². The molecule has 3 amide bonds. The number of esters is 1. The van der Waals surface area contributed by atoms with Crippen LogP contribution in [-0.4, -0.2) is 58.6 Å². The maximum absolute atomic E-state index is 14.1. The van der Waals surface area contributed by atoms with E-state index in [4.69, 9.17) is 9.47 Å². The lowest BCUT2D eigenvalue weighted by Gasteiger charge is -2.28. The van der Waals surface area contributed by atoms with Gasteiger partial charge in [0, 0.05) is 43.0 Å². The molecule has 1 aliphatic rings. The molecule has 2 heterocycles. The van der Waals surface area contributed by atoms with E-state index in [0.29, 0.717) is 25.4 Å². The second-order valence-electron chi connectivity index (χ2n) is 13.2. The number of benzene rings is 3. The van der Waals surface area contributed by atoms with E-state index in [1.165, 1.54) is 0 Å². The Labute approximate surface area is 277 Å². The molecule has 1 aromatic heterocycles. The van der Waals surface area contributed by atoms with Gasteiger partial charge < -0.3 is 30.0 Å². The molecule has 4 aromatic rings. The van der Waals surface area contributed by atoms with E-state index in [-0.39, 0.29) is 18.9 Å². The van der Waals surface area contributed by atoms with Gasteiger partial charge in [-0.1, -0.05) is 73.5 Å². The number of ether oxygens (including phenoxy) is 2. The van der Waals surface area contributed by atoms with Crippen molar-refractivity contribution in [2.45, 2.75) is 83.6 Å². The molecular formula is C38H46N4O5. The summed E-state index contributed by atoms with van der Waals surface area (Å²) in [6.45, 7) is 7.13. The van der Waals surface area contributed by atoms with Crippen molar-refractivity contribution in [3.05, 3.63) is 102 Å². The summed E-state index contributed by atoms with van der Waals surface area (Å²) in [4.78, 5) is 46.0. The second kappa shape index (κ2) is 15.7. The summed E-state index contributed by atoms with van der Waals surface area (Å²) < 4.78 is 11.7. The average molecular weight is 639 g/mol. The SMILES string of the molecule is CC(C)(C)OC(=O)[C@H](Cc1ccc(OCc2ccccc2)cc1)NC(=O)[C@H](Cc1c[nH]c2ccccc12)NC(=O)N1CCCCCC1. The zero-order valence-electron chi connectivity index (χ0n) is 27.6. The third-order valence-corrected chi connectivity index (χ3v) is 8.23. The number of likely N-dealkylation sites (tertiary alicyclic amines) is 1. The first-order chi connectivity index (χ1) is 22.6. The van der Waals surface area contributed by atoms with Gasteiger partial charge in [0.2, 0.25) is 5.91 Å². The zero-order valence-corrected chi connectivity index (χ0v) is 27.6. The topological polar surface area (TPSA) is 113 Å². The third-order valence-electron chi connectivity index (χ3n) is 8.23. The molecule has 1 fully saturated rings. The van der Waals surface area contributed by atoms with Crippen molar-refractivity contribution in [2.75, 3.05) is 13.1 Å². The number of rotatable bonds is 11. The molecule has 3 N–H and O–H groups in total. The highest BCUT2D eigenvalue weighted by Crippen LogP contribution is 2.21. The van der Waals surface area contributed by atoms with Crippen LogP contribution < -0.4 is 15.4 Å². The molecule has 0 aliphatic carbocycles. The quantitative estimate of drug-likeness (QED) is 0.167. The lowest BCUT2D eigenvalue weighted by molar-refractivity contribution is -0.158. The van der Waals surface area contributed by atoms with Gasteiger partial charge >= 0.3 is 12.0 Å². The summed E-state index contributed by atoms with van der Waals surface area (Å²) in [6.07, 6.45) is 6.37. The number of aromatic amines is 1. The number of para-hydroxylation sites is 1. The van der Waals surface area contributed by atoms with E-state index in [2.05, 4.69) is 15.6 Å². The van der Waals surface area contributed by atoms with E-state index in [1.807, 2.05) is 85.1 Å². The van der Waals surface area contributed by atoms with Gasteiger partial charge in [-0.15, -0.1) is 0 Å². The summed E-state index contributed by atoms with van der Waals surface area (Å²) in [5.41, 5.74) is 2.99. The van der Waals surface area contributed by atoms with Crippen molar-refractivity contribution in [1.29, 1.82) is 0 Å². The molecule has 5 rings (SSSR count). The Hall–Kier alpha value is -4.79. The Bertz CT molecular complexity index is 1620. The molecule has 0 bridgehead atoms. The van der Waals surface area contributed by atoms with Crippen LogP contribution in [-0.2, 0) is 33.8 Å². The predicted molar refractivity (Wildman–Crippen MR) is 183 cm³/mol. The number of carbonyl (C=O) groups is 3. The van der Waals surface area contributed by atoms with Gasteiger partial charge in [0.25, 0.3) is 0 Å². The molecule has 248 valence electrons. The van der Waals surface area contributed by atoms with Crippen LogP contribution in [0, 0.1) is 0 Å². The van der Waals surface area contributed by atoms with Crippen LogP contribution in [0.25, 0.3) is 10.9 Å². The standard InChI is InChI=1S/C38H46N4O5/c1-38(2,3)47-36(44)34(23-27-17-19-30(20-18-27)46-26-28-13-7-6-8-14-28)40-35(43)33(41-37(45)42-21-11-4-5-12-22-42)24-29-25-39-32-16-10-9-15-31(29)32/h6-10,13-20,25,33-34,39H,4-5,11-12,21-24,26H2,1-3H3,(H,40,43)(H,41,45)/t33-,34-/m0/s1. The van der Waals surface area contributed by atoms with Crippen LogP contribution in [0.1, 0.15) is 63.1 Å². The minimum atomic E-state index is -0.974. The van der Waals surface area contributed by atoms with Crippen LogP contribution >= 0.6 is 0 Å². The molecule has 1 saturated heterocycles. The number of H-pyrrole nitrogens is 1. The van der Waals surface area contributed by atoms with Crippen molar-refractivity contribution in [3.8, 4) is 5.75 Å². The molecular weight excluding hydrogens is 592 g/mol. The van der Waals surface area contributed by atoms with Crippen LogP contribution in [0.2, 0.25) is 0 Å². The number of fused-ring (bicyclic) bond motifs is 1. The Balaban J connectivity index is 1.33. The fraction of sp³-hybridized carbons (Fsp3) is 0.395. The number of nitrogens with one attached hydrogen (secondary N) is 3. The van der Waals surface area contributed by atoms with E-state index in [9.17, 15) is 14.4 Å². The molecule has 9 nitrogen and oxygen atoms in total. The van der Waals surface area contributed by atoms with Crippen molar-refractivity contribution in [3.63, 3.8) is 0 Å². The fourth-order valence-corrected chi connectivity index (χ4v) is 5.78. The number of amides is 3. The molecule has 0 radical (unpaired) electrons. The average Bonchev–Trinajstić information content (AvgIpc) is 3.25. The lowest BCUT2D eigenvalue weighted by Crippen LogP contribution is -2.56. The first kappa shape index (κ1) is 33.6. The van der Waals surface area contributed by atoms with Crippen molar-refractivity contribution < 1.29 is 23.9 Å². The second-order valence-corrected chi connectivity index (χ2v) is 13.2. The largest absolute Gasteiger partial charge is 0.489 e. The zero-order chi connectivity index (χ0) is 33.2. The van der Waals surface area contributed by atoms with Crippen molar-refractivity contribution in [2.24, 2.45) is 0 Å². The van der Waals surface area contributed by atoms with Gasteiger partial charge in [-0.3, -0.25) is 4.79 Å². The van der Waals surface area contributed by atoms with Crippen LogP contribution in [0.3, 0.4) is 0 Å². The number of aromatic nitrogens is 1. The summed E-state index contributed by atoms with van der Waals surface area (Å²) >= 11 is 0. The van der Waals surface area contributed by atoms with Gasteiger partial charge in [0.15, 0.2) is 0 Å². The van der Waals surface area contributed by atoms with E-state index < -0.39 is 29.6 Å². The normalized spacial score (nSPS) is 14.9. The Morgan fingerprint density at radius 2 is 1.47 bits per heavy atom. The van der Waals surface area contributed by atoms with E-state index in [0.717, 1.165) is 53.3 Å². The van der Waals surface area contributed by atoms with Crippen molar-refractivity contribution >= 4 is 28.8 Å². The first-order valence-corrected chi connectivity index (χ1v) is 16.5. The number of urea groups is 1.